The predicted octanol–water partition coefficient (Wildman–Crippen LogP) is 8.46. The first-order chi connectivity index (χ1) is 18.7. The number of quaternary nitrogens is 1. The van der Waals surface area contributed by atoms with E-state index in [2.05, 4.69) is 19.1 Å². The third kappa shape index (κ3) is 30.5. The zero-order valence-electron chi connectivity index (χ0n) is 26.4. The van der Waals surface area contributed by atoms with Gasteiger partial charge >= 0.3 is 7.82 Å². The third-order valence-corrected chi connectivity index (χ3v) is 7.86. The van der Waals surface area contributed by atoms with Gasteiger partial charge in [-0.1, -0.05) is 103 Å². The molecule has 8 heteroatoms. The van der Waals surface area contributed by atoms with Crippen LogP contribution in [0.25, 0.3) is 0 Å². The van der Waals surface area contributed by atoms with Gasteiger partial charge in [-0.3, -0.25) is 9.05 Å². The molecule has 0 spiro atoms. The minimum absolute atomic E-state index is 0.0371. The van der Waals surface area contributed by atoms with E-state index < -0.39 is 13.9 Å². The Bertz CT molecular complexity index is 596. The van der Waals surface area contributed by atoms with Crippen molar-refractivity contribution in [1.29, 1.82) is 0 Å². The molecule has 0 aromatic rings. The van der Waals surface area contributed by atoms with E-state index in [0.29, 0.717) is 24.2 Å². The lowest BCUT2D eigenvalue weighted by molar-refractivity contribution is -0.870. The number of nitrogens with zero attached hydrogens (tertiary/aromatic N) is 1. The minimum Gasteiger partial charge on any atom is -0.379 e. The van der Waals surface area contributed by atoms with Gasteiger partial charge in [0, 0.05) is 13.7 Å². The molecule has 0 amide bonds. The van der Waals surface area contributed by atoms with Gasteiger partial charge in [-0.05, 0) is 32.1 Å². The van der Waals surface area contributed by atoms with Crippen molar-refractivity contribution in [2.75, 3.05) is 61.2 Å². The highest BCUT2D eigenvalue weighted by Gasteiger charge is 2.24. The highest BCUT2D eigenvalue weighted by molar-refractivity contribution is 7.47. The lowest BCUT2D eigenvalue weighted by Crippen LogP contribution is -2.37. The monoisotopic (exact) mass is 578 g/mol. The Labute approximate surface area is 242 Å². The van der Waals surface area contributed by atoms with Gasteiger partial charge in [0.2, 0.25) is 0 Å². The van der Waals surface area contributed by atoms with E-state index in [0.717, 1.165) is 6.42 Å². The molecule has 0 aromatic carbocycles. The molecule has 0 aliphatic heterocycles. The number of rotatable bonds is 30. The number of phosphoric acid groups is 1. The average molecular weight is 579 g/mol. The minimum atomic E-state index is -4.08. The Kier molecular flexibility index (Phi) is 26.4. The summed E-state index contributed by atoms with van der Waals surface area (Å²) in [6, 6.07) is 0. The maximum absolute atomic E-state index is 12.0. The van der Waals surface area contributed by atoms with Gasteiger partial charge in [-0.25, -0.2) is 4.57 Å². The summed E-state index contributed by atoms with van der Waals surface area (Å²) in [5.41, 5.74) is 0. The van der Waals surface area contributed by atoms with Gasteiger partial charge < -0.3 is 18.9 Å². The summed E-state index contributed by atoms with van der Waals surface area (Å²) in [5, 5.41) is 0. The van der Waals surface area contributed by atoms with Crippen LogP contribution in [0, 0.1) is 0 Å². The maximum Gasteiger partial charge on any atom is 0.472 e. The standard InChI is InChI=1S/C31H64NO6P/c1-6-7-8-9-10-11-12-13-14-15-16-17-18-19-20-21-22-23-24-25-27-36-29-31(35-5)30-38-39(33,34)37-28-26-32(2,3)4/h13-14,31H,6-12,15-30H2,1-5H3/p+1/b14-13-/t31-/m0/s1. The van der Waals surface area contributed by atoms with Crippen molar-refractivity contribution in [2.24, 2.45) is 0 Å². The Balaban J connectivity index is 3.46. The highest BCUT2D eigenvalue weighted by atomic mass is 31.2. The van der Waals surface area contributed by atoms with Crippen LogP contribution in [0.1, 0.15) is 122 Å². The van der Waals surface area contributed by atoms with Crippen molar-refractivity contribution in [3.63, 3.8) is 0 Å². The molecule has 2 atom stereocenters. The lowest BCUT2D eigenvalue weighted by Gasteiger charge is -2.24. The van der Waals surface area contributed by atoms with Crippen molar-refractivity contribution in [2.45, 2.75) is 129 Å². The molecule has 0 saturated heterocycles. The fourth-order valence-corrected chi connectivity index (χ4v) is 4.94. The van der Waals surface area contributed by atoms with E-state index in [1.807, 2.05) is 21.1 Å². The number of hydrogen-bond acceptors (Lipinski definition) is 5. The van der Waals surface area contributed by atoms with E-state index in [1.54, 1.807) is 7.11 Å². The smallest absolute Gasteiger partial charge is 0.379 e. The Morgan fingerprint density at radius 3 is 1.67 bits per heavy atom. The highest BCUT2D eigenvalue weighted by Crippen LogP contribution is 2.43. The van der Waals surface area contributed by atoms with Gasteiger partial charge in [-0.15, -0.1) is 0 Å². The number of methoxy groups -OCH3 is 1. The van der Waals surface area contributed by atoms with Crippen LogP contribution in [-0.2, 0) is 23.1 Å². The molecular weight excluding hydrogens is 513 g/mol. The first-order valence-corrected chi connectivity index (χ1v) is 17.4. The van der Waals surface area contributed by atoms with Gasteiger partial charge in [0.15, 0.2) is 0 Å². The van der Waals surface area contributed by atoms with Crippen molar-refractivity contribution in [3.05, 3.63) is 12.2 Å². The molecule has 0 fully saturated rings. The molecule has 0 rings (SSSR count). The van der Waals surface area contributed by atoms with Gasteiger partial charge in [0.25, 0.3) is 0 Å². The first kappa shape index (κ1) is 38.7. The zero-order chi connectivity index (χ0) is 29.1. The third-order valence-electron chi connectivity index (χ3n) is 6.88. The van der Waals surface area contributed by atoms with Crippen molar-refractivity contribution < 1.29 is 32.5 Å². The summed E-state index contributed by atoms with van der Waals surface area (Å²) in [6.07, 6.45) is 28.1. The molecule has 1 N–H and O–H groups in total. The Morgan fingerprint density at radius 1 is 0.692 bits per heavy atom. The molecular formula is C31H65NO6P+. The SMILES string of the molecule is CCCCCCCC/C=C\CCCCCCCCCCCCOC[C@@H](COP(=O)(O)OCC[N+](C)(C)C)OC. The molecule has 0 heterocycles. The summed E-state index contributed by atoms with van der Waals surface area (Å²) in [6.45, 7) is 4.02. The van der Waals surface area contributed by atoms with E-state index in [-0.39, 0.29) is 13.2 Å². The topological polar surface area (TPSA) is 74.2 Å². The predicted molar refractivity (Wildman–Crippen MR) is 164 cm³/mol. The van der Waals surface area contributed by atoms with Crippen LogP contribution >= 0.6 is 7.82 Å². The number of hydrogen-bond donors (Lipinski definition) is 1. The second kappa shape index (κ2) is 26.6. The van der Waals surface area contributed by atoms with Crippen LogP contribution < -0.4 is 0 Å². The molecule has 39 heavy (non-hydrogen) atoms. The summed E-state index contributed by atoms with van der Waals surface area (Å²) >= 11 is 0. The fourth-order valence-electron chi connectivity index (χ4n) is 4.20. The second-order valence-electron chi connectivity index (χ2n) is 11.9. The van der Waals surface area contributed by atoms with Crippen LogP contribution in [0.2, 0.25) is 0 Å². The number of unbranched alkanes of at least 4 members (excludes halogenated alkanes) is 16. The molecule has 0 saturated carbocycles. The molecule has 234 valence electrons. The van der Waals surface area contributed by atoms with Crippen molar-refractivity contribution in [1.82, 2.24) is 0 Å². The van der Waals surface area contributed by atoms with Gasteiger partial charge in [0.05, 0.1) is 34.4 Å². The maximum atomic E-state index is 12.0. The second-order valence-corrected chi connectivity index (χ2v) is 13.3. The quantitative estimate of drug-likeness (QED) is 0.0399. The van der Waals surface area contributed by atoms with E-state index in [1.165, 1.54) is 109 Å². The molecule has 0 aliphatic rings. The van der Waals surface area contributed by atoms with E-state index >= 15 is 0 Å². The molecule has 0 radical (unpaired) electrons. The van der Waals surface area contributed by atoms with Crippen molar-refractivity contribution >= 4 is 7.82 Å². The van der Waals surface area contributed by atoms with Gasteiger partial charge in [0.1, 0.15) is 19.3 Å². The van der Waals surface area contributed by atoms with Crippen LogP contribution in [0.4, 0.5) is 0 Å². The molecule has 0 bridgehead atoms. The first-order valence-electron chi connectivity index (χ1n) is 15.9. The lowest BCUT2D eigenvalue weighted by atomic mass is 10.1. The molecule has 0 aliphatic carbocycles. The largest absolute Gasteiger partial charge is 0.472 e. The average Bonchev–Trinajstić information content (AvgIpc) is 2.88. The summed E-state index contributed by atoms with van der Waals surface area (Å²) in [4.78, 5) is 9.81. The van der Waals surface area contributed by atoms with E-state index in [9.17, 15) is 9.46 Å². The Hall–Kier alpha value is -0.270. The number of allylic oxidation sites excluding steroid dienone is 2. The molecule has 1 unspecified atom stereocenters. The van der Waals surface area contributed by atoms with Crippen LogP contribution in [-0.4, -0.2) is 76.7 Å². The van der Waals surface area contributed by atoms with Gasteiger partial charge in [-0.2, -0.15) is 0 Å². The Morgan fingerprint density at radius 2 is 1.18 bits per heavy atom. The summed E-state index contributed by atoms with van der Waals surface area (Å²) in [5.74, 6) is 0. The summed E-state index contributed by atoms with van der Waals surface area (Å²) in [7, 11) is 3.44. The van der Waals surface area contributed by atoms with Crippen LogP contribution in [0.15, 0.2) is 12.2 Å². The number of ether oxygens (including phenoxy) is 2. The van der Waals surface area contributed by atoms with Crippen molar-refractivity contribution in [3.8, 4) is 0 Å². The summed E-state index contributed by atoms with van der Waals surface area (Å²) < 4.78 is 33.7. The molecule has 7 nitrogen and oxygen atoms in total. The fraction of sp³-hybridized carbons (Fsp3) is 0.935. The van der Waals surface area contributed by atoms with E-state index in [4.69, 9.17) is 18.5 Å². The van der Waals surface area contributed by atoms with Crippen LogP contribution in [0.5, 0.6) is 0 Å². The normalized spacial score (nSPS) is 14.7. The number of likely N-dealkylation sites (N-methyl/N-ethyl adjacent to an activating group) is 1. The zero-order valence-corrected chi connectivity index (χ0v) is 27.3. The van der Waals surface area contributed by atoms with Crippen LogP contribution in [0.3, 0.4) is 0 Å². The molecule has 0 aromatic heterocycles. The number of phosphoric ester groups is 1.